The Kier molecular flexibility index (Phi) is 6.55. The number of alkyl halides is 3. The third-order valence-corrected chi connectivity index (χ3v) is 9.42. The van der Waals surface area contributed by atoms with E-state index in [0.29, 0.717) is 5.69 Å². The van der Waals surface area contributed by atoms with Gasteiger partial charge in [0.1, 0.15) is 11.4 Å². The van der Waals surface area contributed by atoms with Gasteiger partial charge in [0.25, 0.3) is 0 Å². The van der Waals surface area contributed by atoms with E-state index in [4.69, 9.17) is 4.74 Å². The molecule has 0 amide bonds. The molecule has 7 rings (SSSR count). The van der Waals surface area contributed by atoms with Gasteiger partial charge in [0.05, 0.1) is 12.7 Å². The molecule has 1 aromatic heterocycles. The Hall–Kier alpha value is -3.55. The molecule has 0 saturated heterocycles. The Morgan fingerprint density at radius 1 is 0.875 bits per heavy atom. The Morgan fingerprint density at radius 2 is 1.45 bits per heavy atom. The lowest BCUT2D eigenvalue weighted by atomic mass is 9.48. The molecule has 0 radical (unpaired) electrons. The number of esters is 1. The van der Waals surface area contributed by atoms with Crippen LogP contribution in [-0.2, 0) is 16.3 Å². The predicted octanol–water partition coefficient (Wildman–Crippen LogP) is 7.89. The highest BCUT2D eigenvalue weighted by Crippen LogP contribution is 2.60. The van der Waals surface area contributed by atoms with E-state index in [9.17, 15) is 18.0 Å². The summed E-state index contributed by atoms with van der Waals surface area (Å²) in [6, 6.07) is 15.5. The molecule has 2 aromatic carbocycles. The van der Waals surface area contributed by atoms with Gasteiger partial charge in [-0.1, -0.05) is 12.1 Å². The summed E-state index contributed by atoms with van der Waals surface area (Å²) < 4.78 is 46.9. The molecule has 4 aliphatic carbocycles. The summed E-state index contributed by atoms with van der Waals surface area (Å²) in [6.07, 6.45) is 4.87. The van der Waals surface area contributed by atoms with Crippen molar-refractivity contribution >= 4 is 28.8 Å². The molecule has 0 unspecified atom stereocenters. The number of ether oxygens (including phenoxy) is 1. The van der Waals surface area contributed by atoms with Crippen molar-refractivity contribution in [2.24, 2.45) is 17.8 Å². The van der Waals surface area contributed by atoms with E-state index in [-0.39, 0.29) is 22.5 Å². The van der Waals surface area contributed by atoms with Gasteiger partial charge in [-0.05, 0) is 110 Å². The van der Waals surface area contributed by atoms with Crippen LogP contribution in [0.5, 0.6) is 0 Å². The molecule has 0 N–H and O–H groups in total. The van der Waals surface area contributed by atoms with Crippen LogP contribution in [0, 0.1) is 17.8 Å². The van der Waals surface area contributed by atoms with Crippen molar-refractivity contribution < 1.29 is 22.7 Å². The topological polar surface area (TPSA) is 45.7 Å². The van der Waals surface area contributed by atoms with Crippen LogP contribution in [-0.4, -0.2) is 32.2 Å². The van der Waals surface area contributed by atoms with Crippen LogP contribution >= 0.6 is 0 Å². The van der Waals surface area contributed by atoms with E-state index in [0.717, 1.165) is 35.6 Å². The molecule has 4 saturated carbocycles. The third kappa shape index (κ3) is 4.71. The lowest BCUT2D eigenvalue weighted by Crippen LogP contribution is -2.48. The van der Waals surface area contributed by atoms with Crippen LogP contribution < -0.4 is 9.80 Å². The van der Waals surface area contributed by atoms with Crippen molar-refractivity contribution in [3.8, 4) is 0 Å². The lowest BCUT2D eigenvalue weighted by molar-refractivity contribution is -0.137. The summed E-state index contributed by atoms with van der Waals surface area (Å²) in [5, 5.41) is 0. The highest BCUT2D eigenvalue weighted by molar-refractivity contribution is 5.95. The Bertz CT molecular complexity index is 1380. The van der Waals surface area contributed by atoms with Crippen LogP contribution in [0.1, 0.15) is 60.0 Å². The van der Waals surface area contributed by atoms with Crippen LogP contribution in [0.15, 0.2) is 60.8 Å². The van der Waals surface area contributed by atoms with Gasteiger partial charge < -0.3 is 14.5 Å². The van der Waals surface area contributed by atoms with Crippen LogP contribution in [0.25, 0.3) is 0 Å². The fraction of sp³-hybridized carbons (Fsp3) is 0.438. The zero-order valence-corrected chi connectivity index (χ0v) is 23.0. The number of nitrogens with zero attached hydrogens (tertiary/aromatic N) is 3. The SMILES string of the molecule is COC(=O)c1cccnc1N(C)c1cc(N(C)c2ccc(C34CC5CC(CC(C5)C3)C4)cc2)cc(C(F)(F)F)c1. The lowest BCUT2D eigenvalue weighted by Gasteiger charge is -2.57. The summed E-state index contributed by atoms with van der Waals surface area (Å²) in [4.78, 5) is 19.8. The Labute approximate surface area is 233 Å². The first kappa shape index (κ1) is 26.7. The second kappa shape index (κ2) is 9.82. The number of methoxy groups -OCH3 is 1. The summed E-state index contributed by atoms with van der Waals surface area (Å²) in [7, 11) is 4.62. The maximum Gasteiger partial charge on any atom is 0.416 e. The number of hydrogen-bond donors (Lipinski definition) is 0. The summed E-state index contributed by atoms with van der Waals surface area (Å²) in [5.74, 6) is 2.12. The molecule has 40 heavy (non-hydrogen) atoms. The molecule has 4 aliphatic rings. The fourth-order valence-corrected chi connectivity index (χ4v) is 7.85. The van der Waals surface area contributed by atoms with Crippen molar-refractivity contribution in [1.82, 2.24) is 4.98 Å². The fourth-order valence-electron chi connectivity index (χ4n) is 7.85. The van der Waals surface area contributed by atoms with Gasteiger partial charge in [-0.3, -0.25) is 0 Å². The van der Waals surface area contributed by atoms with E-state index in [1.54, 1.807) is 31.1 Å². The maximum absolute atomic E-state index is 14.0. The predicted molar refractivity (Wildman–Crippen MR) is 149 cm³/mol. The second-order valence-corrected chi connectivity index (χ2v) is 12.0. The second-order valence-electron chi connectivity index (χ2n) is 12.0. The van der Waals surface area contributed by atoms with Gasteiger partial charge in [-0.2, -0.15) is 13.2 Å². The van der Waals surface area contributed by atoms with Gasteiger partial charge in [-0.25, -0.2) is 9.78 Å². The van der Waals surface area contributed by atoms with Crippen molar-refractivity contribution in [3.63, 3.8) is 0 Å². The Balaban J connectivity index is 1.32. The first-order chi connectivity index (χ1) is 19.1. The molecule has 0 spiro atoms. The quantitative estimate of drug-likeness (QED) is 0.293. The highest BCUT2D eigenvalue weighted by Gasteiger charge is 2.51. The summed E-state index contributed by atoms with van der Waals surface area (Å²) >= 11 is 0. The maximum atomic E-state index is 14.0. The molecule has 0 atom stereocenters. The van der Waals surface area contributed by atoms with Gasteiger partial charge in [0.15, 0.2) is 0 Å². The van der Waals surface area contributed by atoms with E-state index >= 15 is 0 Å². The number of rotatable bonds is 6. The number of pyridine rings is 1. The van der Waals surface area contributed by atoms with Crippen LogP contribution in [0.2, 0.25) is 0 Å². The molecule has 4 fully saturated rings. The van der Waals surface area contributed by atoms with E-state index < -0.39 is 17.7 Å². The van der Waals surface area contributed by atoms with Gasteiger partial charge >= 0.3 is 12.1 Å². The Morgan fingerprint density at radius 3 is 2.00 bits per heavy atom. The molecule has 0 aliphatic heterocycles. The van der Waals surface area contributed by atoms with Gasteiger partial charge in [-0.15, -0.1) is 0 Å². The molecule has 1 heterocycles. The first-order valence-electron chi connectivity index (χ1n) is 13.9. The minimum atomic E-state index is -4.55. The largest absolute Gasteiger partial charge is 0.465 e. The normalized spacial score (nSPS) is 25.1. The standard InChI is InChI=1S/C32H34F3N3O2/c1-37(25-8-6-23(7-9-25)31-17-20-11-21(18-31)13-22(12-20)19-31)26-14-24(32(33,34)35)15-27(16-26)38(2)29-28(30(39)40-3)5-4-10-36-29/h4-10,14-16,20-22H,11-13,17-19H2,1-3H3. The van der Waals surface area contributed by atoms with Crippen molar-refractivity contribution in [2.75, 3.05) is 31.0 Å². The number of aromatic nitrogens is 1. The van der Waals surface area contributed by atoms with Crippen molar-refractivity contribution in [2.45, 2.75) is 50.1 Å². The number of carbonyl (C=O) groups is 1. The van der Waals surface area contributed by atoms with Crippen LogP contribution in [0.3, 0.4) is 0 Å². The average molecular weight is 550 g/mol. The molecular formula is C32H34F3N3O2. The van der Waals surface area contributed by atoms with E-state index in [2.05, 4.69) is 17.1 Å². The minimum absolute atomic E-state index is 0.167. The monoisotopic (exact) mass is 549 g/mol. The summed E-state index contributed by atoms with van der Waals surface area (Å²) in [6.45, 7) is 0. The smallest absolute Gasteiger partial charge is 0.416 e. The van der Waals surface area contributed by atoms with Gasteiger partial charge in [0, 0.05) is 37.4 Å². The van der Waals surface area contributed by atoms with E-state index in [1.165, 1.54) is 68.4 Å². The molecule has 4 bridgehead atoms. The molecular weight excluding hydrogens is 515 g/mol. The van der Waals surface area contributed by atoms with Crippen LogP contribution in [0.4, 0.5) is 36.1 Å². The van der Waals surface area contributed by atoms with E-state index in [1.807, 2.05) is 12.1 Å². The summed E-state index contributed by atoms with van der Waals surface area (Å²) in [5.41, 5.74) is 2.48. The molecule has 5 nitrogen and oxygen atoms in total. The average Bonchev–Trinajstić information content (AvgIpc) is 2.94. The molecule has 8 heteroatoms. The molecule has 3 aromatic rings. The third-order valence-electron chi connectivity index (χ3n) is 9.42. The highest BCUT2D eigenvalue weighted by atomic mass is 19.4. The van der Waals surface area contributed by atoms with Crippen molar-refractivity contribution in [1.29, 1.82) is 0 Å². The van der Waals surface area contributed by atoms with Crippen molar-refractivity contribution in [3.05, 3.63) is 77.5 Å². The number of carbonyl (C=O) groups excluding carboxylic acids is 1. The first-order valence-corrected chi connectivity index (χ1v) is 13.9. The minimum Gasteiger partial charge on any atom is -0.465 e. The number of anilines is 4. The zero-order valence-electron chi connectivity index (χ0n) is 23.0. The molecule has 210 valence electrons. The number of benzene rings is 2. The number of halogens is 3. The number of hydrogen-bond acceptors (Lipinski definition) is 5. The van der Waals surface area contributed by atoms with Gasteiger partial charge in [0.2, 0.25) is 0 Å². The zero-order chi connectivity index (χ0) is 28.2.